The average molecular weight is 703 g/mol. The summed E-state index contributed by atoms with van der Waals surface area (Å²) in [5, 5.41) is 8.60. The molecule has 2 heterocycles. The van der Waals surface area contributed by atoms with Crippen LogP contribution in [0.3, 0.4) is 0 Å². The Bertz CT molecular complexity index is 1600. The van der Waals surface area contributed by atoms with Crippen LogP contribution < -0.4 is 16.0 Å². The summed E-state index contributed by atoms with van der Waals surface area (Å²) in [7, 11) is 0. The normalized spacial score (nSPS) is 23.0. The molecular weight excluding hydrogens is 652 g/mol. The van der Waals surface area contributed by atoms with Crippen LogP contribution in [-0.4, -0.2) is 82.9 Å². The first kappa shape index (κ1) is 38.8. The second kappa shape index (κ2) is 17.3. The van der Waals surface area contributed by atoms with Crippen LogP contribution in [0.1, 0.15) is 94.6 Å². The molecule has 0 unspecified atom stereocenters. The lowest BCUT2D eigenvalue weighted by Crippen LogP contribution is -2.65. The Morgan fingerprint density at radius 3 is 2.31 bits per heavy atom. The van der Waals surface area contributed by atoms with Crippen LogP contribution in [-0.2, 0) is 39.9 Å². The van der Waals surface area contributed by atoms with E-state index in [-0.39, 0.29) is 31.8 Å². The largest absolute Gasteiger partial charge is 0.462 e. The maximum absolute atomic E-state index is 14.1. The molecule has 2 aromatic rings. The van der Waals surface area contributed by atoms with E-state index in [9.17, 15) is 28.8 Å². The van der Waals surface area contributed by atoms with Gasteiger partial charge in [0.1, 0.15) is 29.3 Å². The molecule has 4 amide bonds. The van der Waals surface area contributed by atoms with E-state index in [1.807, 2.05) is 18.2 Å². The Morgan fingerprint density at radius 1 is 0.941 bits per heavy atom. The van der Waals surface area contributed by atoms with Crippen molar-refractivity contribution in [2.24, 2.45) is 0 Å². The van der Waals surface area contributed by atoms with Gasteiger partial charge < -0.3 is 30.3 Å². The van der Waals surface area contributed by atoms with Crippen molar-refractivity contribution in [1.82, 2.24) is 20.9 Å². The van der Waals surface area contributed by atoms with Gasteiger partial charge in [0.05, 0.1) is 12.2 Å². The van der Waals surface area contributed by atoms with E-state index >= 15 is 0 Å². The summed E-state index contributed by atoms with van der Waals surface area (Å²) in [6.45, 7) is 9.21. The summed E-state index contributed by atoms with van der Waals surface area (Å²) in [4.78, 5) is 81.1. The van der Waals surface area contributed by atoms with Crippen LogP contribution in [0.25, 0.3) is 6.08 Å². The van der Waals surface area contributed by atoms with Gasteiger partial charge in [0, 0.05) is 19.0 Å². The summed E-state index contributed by atoms with van der Waals surface area (Å²) < 4.78 is 10.7. The maximum atomic E-state index is 14.1. The van der Waals surface area contributed by atoms with Gasteiger partial charge in [0.25, 0.3) is 0 Å². The van der Waals surface area contributed by atoms with E-state index in [2.05, 4.69) is 16.0 Å². The van der Waals surface area contributed by atoms with Crippen LogP contribution in [0.4, 0.5) is 0 Å². The highest BCUT2D eigenvalue weighted by atomic mass is 16.6. The van der Waals surface area contributed by atoms with Crippen LogP contribution in [0.2, 0.25) is 0 Å². The average Bonchev–Trinajstić information content (AvgIpc) is 3.59. The van der Waals surface area contributed by atoms with E-state index < -0.39 is 58.9 Å². The van der Waals surface area contributed by atoms with E-state index in [1.54, 1.807) is 77.1 Å². The minimum absolute atomic E-state index is 0.142. The summed E-state index contributed by atoms with van der Waals surface area (Å²) in [6, 6.07) is 13.1. The molecule has 12 nitrogen and oxygen atoms in total. The number of ether oxygens (including phenoxy) is 2. The van der Waals surface area contributed by atoms with Gasteiger partial charge in [-0.05, 0) is 95.6 Å². The van der Waals surface area contributed by atoms with Gasteiger partial charge in [0.15, 0.2) is 0 Å². The Morgan fingerprint density at radius 2 is 1.65 bits per heavy atom. The lowest BCUT2D eigenvalue weighted by atomic mass is 9.94. The van der Waals surface area contributed by atoms with E-state index in [1.165, 1.54) is 11.0 Å². The zero-order valence-electron chi connectivity index (χ0n) is 30.2. The number of esters is 2. The van der Waals surface area contributed by atoms with E-state index in [0.717, 1.165) is 11.1 Å². The van der Waals surface area contributed by atoms with Gasteiger partial charge in [-0.15, -0.1) is 0 Å². The molecule has 2 saturated heterocycles. The van der Waals surface area contributed by atoms with Crippen LogP contribution in [0.5, 0.6) is 0 Å². The zero-order valence-corrected chi connectivity index (χ0v) is 30.2. The molecule has 2 aromatic carbocycles. The smallest absolute Gasteiger partial charge is 0.338 e. The fourth-order valence-electron chi connectivity index (χ4n) is 6.00. The van der Waals surface area contributed by atoms with Crippen LogP contribution in [0, 0.1) is 0 Å². The van der Waals surface area contributed by atoms with Gasteiger partial charge in [-0.25, -0.2) is 9.59 Å². The molecule has 0 saturated carbocycles. The van der Waals surface area contributed by atoms with Gasteiger partial charge in [-0.2, -0.15) is 0 Å². The number of nitrogens with one attached hydrogen (secondary N) is 3. The molecule has 2 aliphatic rings. The van der Waals surface area contributed by atoms with Crippen molar-refractivity contribution < 1.29 is 38.2 Å². The molecule has 0 radical (unpaired) electrons. The molecule has 12 heteroatoms. The predicted octanol–water partition coefficient (Wildman–Crippen LogP) is 3.87. The molecule has 0 aromatic heterocycles. The summed E-state index contributed by atoms with van der Waals surface area (Å²) in [6.07, 6.45) is 5.55. The molecule has 0 spiro atoms. The molecule has 4 atom stereocenters. The molecule has 51 heavy (non-hydrogen) atoms. The second-order valence-corrected chi connectivity index (χ2v) is 14.3. The second-order valence-electron chi connectivity index (χ2n) is 14.3. The number of nitrogens with zero attached hydrogens (tertiary/aromatic N) is 1. The van der Waals surface area contributed by atoms with Crippen molar-refractivity contribution >= 4 is 41.6 Å². The fourth-order valence-corrected chi connectivity index (χ4v) is 6.00. The third-order valence-electron chi connectivity index (χ3n) is 9.05. The highest BCUT2D eigenvalue weighted by Gasteiger charge is 2.43. The van der Waals surface area contributed by atoms with Gasteiger partial charge in [-0.1, -0.05) is 49.4 Å². The standard InChI is InChI=1S/C39H50N4O8/c1-6-39(5)37(49)41-30(25-27-19-17-26(18-20-27)21-22-32(44)51-38(2,3)4)35(47)43-23-12-16-31(43)34(46)40-29(33(45)42-39)15-10-11-24-50-36(48)28-13-8-7-9-14-28/h7-9,13-14,17-22,29-31H,6,10-12,15-16,23-25H2,1-5H3,(H,40,46)(H,41,49)(H,42,45)/b22-21+/t29-,30-,31+,39-/m0/s1. The van der Waals surface area contributed by atoms with Crippen LogP contribution >= 0.6 is 0 Å². The molecule has 274 valence electrons. The van der Waals surface area contributed by atoms with E-state index in [4.69, 9.17) is 9.47 Å². The number of unbranched alkanes of at least 4 members (excludes halogenated alkanes) is 1. The predicted molar refractivity (Wildman–Crippen MR) is 191 cm³/mol. The van der Waals surface area contributed by atoms with Crippen molar-refractivity contribution in [2.45, 2.75) is 109 Å². The fraction of sp³-hybridized carbons (Fsp3) is 0.487. The van der Waals surface area contributed by atoms with Gasteiger partial charge in [-0.3, -0.25) is 19.2 Å². The van der Waals surface area contributed by atoms with Gasteiger partial charge in [0.2, 0.25) is 23.6 Å². The van der Waals surface area contributed by atoms with Crippen molar-refractivity contribution in [2.75, 3.05) is 13.2 Å². The van der Waals surface area contributed by atoms with Crippen molar-refractivity contribution in [1.29, 1.82) is 0 Å². The first-order chi connectivity index (χ1) is 24.2. The Labute approximate surface area is 299 Å². The minimum atomic E-state index is -1.37. The molecule has 2 aliphatic heterocycles. The Balaban J connectivity index is 1.46. The summed E-state index contributed by atoms with van der Waals surface area (Å²) >= 11 is 0. The molecule has 3 N–H and O–H groups in total. The third-order valence-corrected chi connectivity index (χ3v) is 9.05. The monoisotopic (exact) mass is 702 g/mol. The highest BCUT2D eigenvalue weighted by Crippen LogP contribution is 2.22. The number of amides is 4. The highest BCUT2D eigenvalue weighted by molar-refractivity contribution is 5.99. The van der Waals surface area contributed by atoms with Crippen molar-refractivity contribution in [3.63, 3.8) is 0 Å². The Kier molecular flexibility index (Phi) is 13.1. The minimum Gasteiger partial charge on any atom is -0.462 e. The zero-order chi connectivity index (χ0) is 37.2. The molecule has 0 aliphatic carbocycles. The first-order valence-corrected chi connectivity index (χ1v) is 17.6. The third kappa shape index (κ3) is 11.0. The number of hydrogen-bond acceptors (Lipinski definition) is 8. The SMILES string of the molecule is CC[C@]1(C)NC(=O)[C@H](CCCCOC(=O)c2ccccc2)NC(=O)[C@H]2CCCN2C(=O)[C@H](Cc2ccc(/C=C/C(=O)OC(C)(C)C)cc2)NC1=O. The molecule has 0 bridgehead atoms. The lowest BCUT2D eigenvalue weighted by Gasteiger charge is -2.36. The molecule has 4 rings (SSSR count). The summed E-state index contributed by atoms with van der Waals surface area (Å²) in [5.41, 5.74) is -0.0260. The van der Waals surface area contributed by atoms with Crippen LogP contribution in [0.15, 0.2) is 60.7 Å². The van der Waals surface area contributed by atoms with E-state index in [0.29, 0.717) is 37.8 Å². The number of fused-ring (bicyclic) bond motifs is 1. The van der Waals surface area contributed by atoms with Crippen molar-refractivity contribution in [3.8, 4) is 0 Å². The number of carbonyl (C=O) groups is 6. The Hall–Kier alpha value is -5.00. The quantitative estimate of drug-likeness (QED) is 0.181. The number of carbonyl (C=O) groups excluding carboxylic acids is 6. The first-order valence-electron chi connectivity index (χ1n) is 17.6. The number of hydrogen-bond donors (Lipinski definition) is 3. The summed E-state index contributed by atoms with van der Waals surface area (Å²) in [5.74, 6) is -2.73. The topological polar surface area (TPSA) is 160 Å². The number of rotatable bonds is 11. The lowest BCUT2D eigenvalue weighted by molar-refractivity contribution is -0.148. The molecular formula is C39H50N4O8. The number of benzene rings is 2. The maximum Gasteiger partial charge on any atom is 0.338 e. The van der Waals surface area contributed by atoms with Gasteiger partial charge >= 0.3 is 11.9 Å². The molecule has 2 fully saturated rings. The van der Waals surface area contributed by atoms with Crippen molar-refractivity contribution in [3.05, 3.63) is 77.4 Å².